The molecule has 0 radical (unpaired) electrons. The van der Waals surface area contributed by atoms with E-state index in [-0.39, 0.29) is 5.72 Å². The first-order valence-corrected chi connectivity index (χ1v) is 4.10. The molecular weight excluding hydrogens is 126 g/mol. The molecule has 10 heavy (non-hydrogen) atoms. The van der Waals surface area contributed by atoms with Crippen LogP contribution in [0, 0.1) is 5.92 Å². The zero-order valence-electron chi connectivity index (χ0n) is 6.92. The van der Waals surface area contributed by atoms with Crippen molar-refractivity contribution in [2.45, 2.75) is 32.5 Å². The largest absolute Gasteiger partial charge is 0.357 e. The van der Waals surface area contributed by atoms with Gasteiger partial charge in [0.15, 0.2) is 0 Å². The van der Waals surface area contributed by atoms with Gasteiger partial charge in [-0.25, -0.2) is 0 Å². The number of nitrogens with zero attached hydrogens (tertiary/aromatic N) is 1. The van der Waals surface area contributed by atoms with Crippen LogP contribution in [0.1, 0.15) is 20.8 Å². The molecule has 2 saturated heterocycles. The Morgan fingerprint density at radius 1 is 1.60 bits per heavy atom. The van der Waals surface area contributed by atoms with Gasteiger partial charge in [-0.2, -0.15) is 0 Å². The Morgan fingerprint density at radius 2 is 2.30 bits per heavy atom. The fourth-order valence-corrected chi connectivity index (χ4v) is 2.35. The summed E-state index contributed by atoms with van der Waals surface area (Å²) in [5.41, 5.74) is 0.153. The predicted octanol–water partition coefficient (Wildman–Crippen LogP) is 1.07. The summed E-state index contributed by atoms with van der Waals surface area (Å²) < 4.78 is 5.71. The summed E-state index contributed by atoms with van der Waals surface area (Å²) in [6.07, 6.45) is 0. The van der Waals surface area contributed by atoms with Crippen molar-refractivity contribution < 1.29 is 4.74 Å². The van der Waals surface area contributed by atoms with E-state index in [1.54, 1.807) is 0 Å². The summed E-state index contributed by atoms with van der Waals surface area (Å²) in [6, 6.07) is 0.668. The Bertz CT molecular complexity index is 151. The van der Waals surface area contributed by atoms with Crippen LogP contribution in [0.3, 0.4) is 0 Å². The van der Waals surface area contributed by atoms with Crippen LogP contribution in [0.25, 0.3) is 0 Å². The molecule has 2 fully saturated rings. The van der Waals surface area contributed by atoms with Crippen molar-refractivity contribution in [3.05, 3.63) is 0 Å². The molecule has 2 heterocycles. The molecule has 0 bridgehead atoms. The van der Waals surface area contributed by atoms with Gasteiger partial charge in [-0.1, -0.05) is 13.8 Å². The number of fused-ring (bicyclic) bond motifs is 1. The second kappa shape index (κ2) is 1.74. The zero-order chi connectivity index (χ0) is 7.35. The summed E-state index contributed by atoms with van der Waals surface area (Å²) in [7, 11) is 0. The van der Waals surface area contributed by atoms with E-state index < -0.39 is 0 Å². The molecule has 0 N–H and O–H groups in total. The minimum Gasteiger partial charge on any atom is -0.357 e. The van der Waals surface area contributed by atoms with Crippen LogP contribution >= 0.6 is 0 Å². The normalized spacial score (nSPS) is 51.6. The van der Waals surface area contributed by atoms with Gasteiger partial charge in [0.2, 0.25) is 0 Å². The van der Waals surface area contributed by atoms with Gasteiger partial charge in [-0.05, 0) is 12.8 Å². The average molecular weight is 141 g/mol. The fraction of sp³-hybridized carbons (Fsp3) is 1.00. The molecule has 3 unspecified atom stereocenters. The van der Waals surface area contributed by atoms with Crippen LogP contribution in [0.4, 0.5) is 0 Å². The van der Waals surface area contributed by atoms with Crippen molar-refractivity contribution in [2.75, 3.05) is 13.2 Å². The van der Waals surface area contributed by atoms with Crippen LogP contribution in [0.15, 0.2) is 0 Å². The third kappa shape index (κ3) is 0.523. The first kappa shape index (κ1) is 6.62. The van der Waals surface area contributed by atoms with Gasteiger partial charge in [-0.15, -0.1) is 0 Å². The molecule has 3 atom stereocenters. The maximum absolute atomic E-state index is 5.71. The van der Waals surface area contributed by atoms with Gasteiger partial charge in [0.25, 0.3) is 0 Å². The lowest BCUT2D eigenvalue weighted by atomic mass is 10.0. The Morgan fingerprint density at radius 3 is 2.60 bits per heavy atom. The molecule has 2 rings (SSSR count). The summed E-state index contributed by atoms with van der Waals surface area (Å²) >= 11 is 0. The number of rotatable bonds is 1. The van der Waals surface area contributed by atoms with Crippen molar-refractivity contribution >= 4 is 0 Å². The Labute approximate surface area is 62.2 Å². The van der Waals surface area contributed by atoms with Crippen molar-refractivity contribution in [3.8, 4) is 0 Å². The minimum absolute atomic E-state index is 0.153. The zero-order valence-corrected chi connectivity index (χ0v) is 6.92. The molecule has 2 nitrogen and oxygen atoms in total. The van der Waals surface area contributed by atoms with E-state index >= 15 is 0 Å². The van der Waals surface area contributed by atoms with Gasteiger partial charge in [0, 0.05) is 6.54 Å². The molecule has 0 spiro atoms. The molecule has 58 valence electrons. The van der Waals surface area contributed by atoms with Crippen LogP contribution in [-0.2, 0) is 4.74 Å². The highest BCUT2D eigenvalue weighted by molar-refractivity contribution is 5.12. The van der Waals surface area contributed by atoms with Crippen LogP contribution in [0.5, 0.6) is 0 Å². The van der Waals surface area contributed by atoms with Crippen LogP contribution in [-0.4, -0.2) is 29.8 Å². The number of morpholine rings is 1. The molecule has 2 aliphatic heterocycles. The van der Waals surface area contributed by atoms with Gasteiger partial charge >= 0.3 is 0 Å². The van der Waals surface area contributed by atoms with Gasteiger partial charge in [0.1, 0.15) is 5.72 Å². The van der Waals surface area contributed by atoms with Gasteiger partial charge in [-0.3, -0.25) is 4.90 Å². The number of hydrogen-bond acceptors (Lipinski definition) is 2. The van der Waals surface area contributed by atoms with Crippen molar-refractivity contribution in [3.63, 3.8) is 0 Å². The second-order valence-electron chi connectivity index (χ2n) is 3.62. The molecule has 0 amide bonds. The highest BCUT2D eigenvalue weighted by Gasteiger charge is 2.65. The molecule has 2 heteroatoms. The quantitative estimate of drug-likeness (QED) is 0.506. The van der Waals surface area contributed by atoms with Crippen molar-refractivity contribution in [1.82, 2.24) is 4.90 Å². The minimum atomic E-state index is 0.153. The molecule has 0 aromatic heterocycles. The van der Waals surface area contributed by atoms with Gasteiger partial charge < -0.3 is 4.74 Å². The standard InChI is InChI=1S/C8H15NO/c1-6(2)8-7(3)9(8)4-5-10-8/h6-7H,4-5H2,1-3H3. The monoisotopic (exact) mass is 141 g/mol. The van der Waals surface area contributed by atoms with E-state index in [9.17, 15) is 0 Å². The average Bonchev–Trinajstić information content (AvgIpc) is 2.36. The summed E-state index contributed by atoms with van der Waals surface area (Å²) in [6.45, 7) is 8.80. The van der Waals surface area contributed by atoms with E-state index in [0.29, 0.717) is 12.0 Å². The summed E-state index contributed by atoms with van der Waals surface area (Å²) in [5.74, 6) is 0.644. The lowest BCUT2D eigenvalue weighted by molar-refractivity contribution is 0.0172. The van der Waals surface area contributed by atoms with E-state index in [1.165, 1.54) is 0 Å². The third-order valence-electron chi connectivity index (χ3n) is 2.94. The maximum atomic E-state index is 5.71. The van der Waals surface area contributed by atoms with Gasteiger partial charge in [0.05, 0.1) is 12.6 Å². The molecule has 2 aliphatic rings. The fourth-order valence-electron chi connectivity index (χ4n) is 2.35. The molecule has 0 aromatic rings. The highest BCUT2D eigenvalue weighted by Crippen LogP contribution is 2.50. The second-order valence-corrected chi connectivity index (χ2v) is 3.62. The topological polar surface area (TPSA) is 12.2 Å². The Kier molecular flexibility index (Phi) is 1.15. The molecular formula is C8H15NO. The predicted molar refractivity (Wildman–Crippen MR) is 39.7 cm³/mol. The first-order valence-electron chi connectivity index (χ1n) is 4.10. The first-order chi connectivity index (χ1) is 4.69. The molecule has 0 aliphatic carbocycles. The highest BCUT2D eigenvalue weighted by atomic mass is 16.6. The van der Waals surface area contributed by atoms with E-state index in [1.807, 2.05) is 0 Å². The summed E-state index contributed by atoms with van der Waals surface area (Å²) in [4.78, 5) is 2.44. The molecule has 0 aromatic carbocycles. The van der Waals surface area contributed by atoms with E-state index in [0.717, 1.165) is 13.2 Å². The lowest BCUT2D eigenvalue weighted by Gasteiger charge is -2.15. The Balaban J connectivity index is 2.16. The lowest BCUT2D eigenvalue weighted by Crippen LogP contribution is -2.24. The van der Waals surface area contributed by atoms with E-state index in [2.05, 4.69) is 25.7 Å². The summed E-state index contributed by atoms with van der Waals surface area (Å²) in [5, 5.41) is 0. The molecule has 0 saturated carbocycles. The smallest absolute Gasteiger partial charge is 0.139 e. The van der Waals surface area contributed by atoms with Crippen LogP contribution < -0.4 is 0 Å². The van der Waals surface area contributed by atoms with Crippen molar-refractivity contribution in [1.29, 1.82) is 0 Å². The SMILES string of the molecule is CC(C)C12OCCN1C2C. The van der Waals surface area contributed by atoms with Crippen LogP contribution in [0.2, 0.25) is 0 Å². The van der Waals surface area contributed by atoms with Crippen molar-refractivity contribution in [2.24, 2.45) is 5.92 Å². The number of hydrogen-bond donors (Lipinski definition) is 0. The maximum Gasteiger partial charge on any atom is 0.139 e. The van der Waals surface area contributed by atoms with E-state index in [4.69, 9.17) is 4.74 Å². The third-order valence-corrected chi connectivity index (χ3v) is 2.94. The Hall–Kier alpha value is -0.0800. The number of ether oxygens (including phenoxy) is 1.